The number of hydrogen-bond donors (Lipinski definition) is 4. The SMILES string of the molecule is CSS[C@H](C)OC1C[C@H](n2cc(C#CCNC(=O)C(F)(F)F)c(=O)[nH]c2=O)O[C@@H]1COP(=O)(O)O. The number of carbonyl (C=O) groups excluding carboxylic acids is 1. The molecule has 35 heavy (non-hydrogen) atoms. The molecular weight excluding hydrogens is 542 g/mol. The third-order valence-electron chi connectivity index (χ3n) is 4.28. The summed E-state index contributed by atoms with van der Waals surface area (Å²) in [5.41, 5.74) is -2.46. The highest BCUT2D eigenvalue weighted by atomic mass is 33.1. The third kappa shape index (κ3) is 9.32. The highest BCUT2D eigenvalue weighted by molar-refractivity contribution is 8.76. The van der Waals surface area contributed by atoms with Crippen LogP contribution in [0.25, 0.3) is 0 Å². The van der Waals surface area contributed by atoms with E-state index in [4.69, 9.17) is 19.3 Å². The van der Waals surface area contributed by atoms with Gasteiger partial charge in [0.2, 0.25) is 0 Å². The number of phosphoric ester groups is 1. The minimum Gasteiger partial charge on any atom is -0.361 e. The van der Waals surface area contributed by atoms with Crippen molar-refractivity contribution in [1.29, 1.82) is 0 Å². The molecule has 0 aromatic carbocycles. The number of halogens is 3. The first-order chi connectivity index (χ1) is 16.2. The second-order valence-corrected chi connectivity index (χ2v) is 10.9. The Labute approximate surface area is 203 Å². The van der Waals surface area contributed by atoms with Crippen molar-refractivity contribution in [2.75, 3.05) is 19.4 Å². The predicted octanol–water partition coefficient (Wildman–Crippen LogP) is 0.706. The maximum Gasteiger partial charge on any atom is 0.471 e. The Morgan fingerprint density at radius 2 is 2.14 bits per heavy atom. The van der Waals surface area contributed by atoms with E-state index >= 15 is 0 Å². The topological polar surface area (TPSA) is 169 Å². The van der Waals surface area contributed by atoms with Gasteiger partial charge in [-0.15, -0.1) is 0 Å². The van der Waals surface area contributed by atoms with Gasteiger partial charge in [0.05, 0.1) is 19.3 Å². The summed E-state index contributed by atoms with van der Waals surface area (Å²) < 4.78 is 64.7. The molecule has 4 N–H and O–H groups in total. The molecule has 0 saturated carbocycles. The Hall–Kier alpha value is -1.77. The summed E-state index contributed by atoms with van der Waals surface area (Å²) in [7, 11) is -2.02. The Balaban J connectivity index is 2.23. The van der Waals surface area contributed by atoms with E-state index in [-0.39, 0.29) is 17.4 Å². The van der Waals surface area contributed by atoms with Gasteiger partial charge >= 0.3 is 25.6 Å². The van der Waals surface area contributed by atoms with Crippen molar-refractivity contribution >= 4 is 35.3 Å². The molecule has 1 aliphatic heterocycles. The lowest BCUT2D eigenvalue weighted by Gasteiger charge is -2.22. The fourth-order valence-corrected chi connectivity index (χ4v) is 4.64. The van der Waals surface area contributed by atoms with Gasteiger partial charge in [0.25, 0.3) is 5.56 Å². The number of nitrogens with one attached hydrogen (secondary N) is 2. The number of rotatable bonds is 9. The van der Waals surface area contributed by atoms with Crippen molar-refractivity contribution in [3.8, 4) is 11.8 Å². The molecule has 2 heterocycles. The molecule has 0 aliphatic carbocycles. The number of aromatic nitrogens is 2. The molecule has 12 nitrogen and oxygen atoms in total. The van der Waals surface area contributed by atoms with E-state index < -0.39 is 62.7 Å². The lowest BCUT2D eigenvalue weighted by Crippen LogP contribution is -2.37. The van der Waals surface area contributed by atoms with Crippen LogP contribution in [0.5, 0.6) is 0 Å². The number of carbonyl (C=O) groups is 1. The Morgan fingerprint density at radius 1 is 1.46 bits per heavy atom. The van der Waals surface area contributed by atoms with Gasteiger partial charge in [-0.3, -0.25) is 23.7 Å². The zero-order valence-corrected chi connectivity index (χ0v) is 20.6. The van der Waals surface area contributed by atoms with Crippen LogP contribution in [0.2, 0.25) is 0 Å². The number of H-pyrrole nitrogens is 1. The van der Waals surface area contributed by atoms with Crippen LogP contribution < -0.4 is 16.6 Å². The fourth-order valence-electron chi connectivity index (χ4n) is 2.89. The zero-order valence-electron chi connectivity index (χ0n) is 18.1. The normalized spacial score (nSPS) is 21.3. The molecule has 0 radical (unpaired) electrons. The fraction of sp³-hybridized carbons (Fsp3) is 0.588. The van der Waals surface area contributed by atoms with Gasteiger partial charge in [0.15, 0.2) is 0 Å². The van der Waals surface area contributed by atoms with Crippen molar-refractivity contribution in [2.45, 2.75) is 43.4 Å². The summed E-state index contributed by atoms with van der Waals surface area (Å²) >= 11 is 0. The Morgan fingerprint density at radius 3 is 2.74 bits per heavy atom. The zero-order chi connectivity index (χ0) is 26.4. The van der Waals surface area contributed by atoms with Gasteiger partial charge in [0.1, 0.15) is 23.3 Å². The maximum absolute atomic E-state index is 12.4. The van der Waals surface area contributed by atoms with Crippen LogP contribution >= 0.6 is 29.4 Å². The molecule has 196 valence electrons. The van der Waals surface area contributed by atoms with Crippen LogP contribution in [-0.2, 0) is 23.4 Å². The molecule has 4 atom stereocenters. The molecule has 1 aliphatic rings. The molecule has 1 aromatic rings. The van der Waals surface area contributed by atoms with Crippen molar-refractivity contribution < 1.29 is 46.3 Å². The number of nitrogens with zero attached hydrogens (tertiary/aromatic N) is 1. The Kier molecular flexibility index (Phi) is 10.5. The summed E-state index contributed by atoms with van der Waals surface area (Å²) in [6, 6.07) is 0. The first-order valence-electron chi connectivity index (χ1n) is 9.61. The number of amides is 1. The number of hydrogen-bond acceptors (Lipinski definition) is 9. The van der Waals surface area contributed by atoms with Gasteiger partial charge in [-0.2, -0.15) is 13.2 Å². The van der Waals surface area contributed by atoms with Gasteiger partial charge in [0, 0.05) is 12.6 Å². The van der Waals surface area contributed by atoms with E-state index in [2.05, 4.69) is 16.4 Å². The minimum atomic E-state index is -5.09. The summed E-state index contributed by atoms with van der Waals surface area (Å²) in [5.74, 6) is 2.25. The first kappa shape index (κ1) is 29.5. The van der Waals surface area contributed by atoms with E-state index in [1.165, 1.54) is 26.9 Å². The van der Waals surface area contributed by atoms with Crippen LogP contribution in [0.15, 0.2) is 15.8 Å². The van der Waals surface area contributed by atoms with Gasteiger partial charge in [-0.1, -0.05) is 33.4 Å². The first-order valence-corrected chi connectivity index (χ1v) is 13.8. The second kappa shape index (κ2) is 12.5. The lowest BCUT2D eigenvalue weighted by atomic mass is 10.2. The van der Waals surface area contributed by atoms with E-state index in [0.29, 0.717) is 0 Å². The lowest BCUT2D eigenvalue weighted by molar-refractivity contribution is -0.173. The maximum atomic E-state index is 12.4. The summed E-state index contributed by atoms with van der Waals surface area (Å²) in [4.78, 5) is 55.2. The monoisotopic (exact) mass is 563 g/mol. The predicted molar refractivity (Wildman–Crippen MR) is 119 cm³/mol. The van der Waals surface area contributed by atoms with Crippen LogP contribution in [-0.4, -0.2) is 68.5 Å². The third-order valence-corrected chi connectivity index (χ3v) is 6.73. The minimum absolute atomic E-state index is 0.0366. The highest BCUT2D eigenvalue weighted by Crippen LogP contribution is 2.39. The average molecular weight is 563 g/mol. The standard InChI is InChI=1S/C17H21F3N3O9PS2/c1-9(35-34-2)31-11-6-13(32-12(11)8-30-33(27,28)29)23-7-10(14(24)22-16(23)26)4-3-5-21-15(25)17(18,19)20/h7,9,11-13H,5-6,8H2,1-2H3,(H,21,25)(H,22,24,26)(H2,27,28,29)/t9-,11?,12-,13-/m1/s1. The Bertz CT molecular complexity index is 1130. The van der Waals surface area contributed by atoms with Gasteiger partial charge in [-0.25, -0.2) is 9.36 Å². The second-order valence-electron chi connectivity index (χ2n) is 6.85. The molecular formula is C17H21F3N3O9PS2. The van der Waals surface area contributed by atoms with Crippen LogP contribution in [0, 0.1) is 11.8 Å². The number of aromatic amines is 1. The van der Waals surface area contributed by atoms with Crippen molar-refractivity contribution in [3.05, 3.63) is 32.6 Å². The molecule has 0 spiro atoms. The van der Waals surface area contributed by atoms with Gasteiger partial charge < -0.3 is 24.6 Å². The molecule has 1 unspecified atom stereocenters. The van der Waals surface area contributed by atoms with E-state index in [0.717, 1.165) is 10.8 Å². The quantitative estimate of drug-likeness (QED) is 0.144. The number of ether oxygens (including phenoxy) is 2. The highest BCUT2D eigenvalue weighted by Gasteiger charge is 2.40. The van der Waals surface area contributed by atoms with Crippen molar-refractivity contribution in [2.24, 2.45) is 0 Å². The van der Waals surface area contributed by atoms with Crippen LogP contribution in [0.3, 0.4) is 0 Å². The van der Waals surface area contributed by atoms with Crippen molar-refractivity contribution in [1.82, 2.24) is 14.9 Å². The summed E-state index contributed by atoms with van der Waals surface area (Å²) in [6.07, 6.45) is -4.98. The molecule has 1 aromatic heterocycles. The summed E-state index contributed by atoms with van der Waals surface area (Å²) in [6.45, 7) is 0.484. The molecule has 1 fully saturated rings. The van der Waals surface area contributed by atoms with Crippen molar-refractivity contribution in [3.63, 3.8) is 0 Å². The van der Waals surface area contributed by atoms with Crippen LogP contribution in [0.4, 0.5) is 13.2 Å². The van der Waals surface area contributed by atoms with Crippen LogP contribution in [0.1, 0.15) is 25.1 Å². The average Bonchev–Trinajstić information content (AvgIpc) is 3.12. The van der Waals surface area contributed by atoms with Gasteiger partial charge in [-0.05, 0) is 13.2 Å². The molecule has 0 bridgehead atoms. The molecule has 1 amide bonds. The number of phosphoric acid groups is 1. The summed E-state index contributed by atoms with van der Waals surface area (Å²) in [5, 5.41) is 1.52. The molecule has 18 heteroatoms. The molecule has 2 rings (SSSR count). The van der Waals surface area contributed by atoms with E-state index in [9.17, 15) is 32.1 Å². The number of alkyl halides is 3. The largest absolute Gasteiger partial charge is 0.471 e. The molecule has 1 saturated heterocycles. The van der Waals surface area contributed by atoms with E-state index in [1.54, 1.807) is 6.92 Å². The smallest absolute Gasteiger partial charge is 0.361 e. The van der Waals surface area contributed by atoms with E-state index in [1.807, 2.05) is 11.2 Å².